The van der Waals surface area contributed by atoms with E-state index in [9.17, 15) is 8.42 Å². The fourth-order valence-corrected chi connectivity index (χ4v) is 5.42. The van der Waals surface area contributed by atoms with Crippen molar-refractivity contribution in [2.75, 3.05) is 26.2 Å². The van der Waals surface area contributed by atoms with Gasteiger partial charge in [0.05, 0.1) is 5.75 Å². The standard InChI is InChI=1S/C18H27N3O2S2/c22-25(23,15-16-7-3-1-4-8-16)21-13-11-20(12-14-21)18(24)19-17-9-5-2-6-10-17/h1,3-4,7-8,17H,2,5-6,9-15H2,(H,19,24). The molecule has 1 aliphatic carbocycles. The highest BCUT2D eigenvalue weighted by molar-refractivity contribution is 7.88. The lowest BCUT2D eigenvalue weighted by molar-refractivity contribution is 0.259. The van der Waals surface area contributed by atoms with E-state index in [1.54, 1.807) is 4.31 Å². The van der Waals surface area contributed by atoms with Crippen LogP contribution in [0, 0.1) is 0 Å². The fraction of sp³-hybridized carbons (Fsp3) is 0.611. The topological polar surface area (TPSA) is 52.7 Å². The van der Waals surface area contributed by atoms with E-state index in [4.69, 9.17) is 12.2 Å². The van der Waals surface area contributed by atoms with Crippen molar-refractivity contribution < 1.29 is 8.42 Å². The first-order chi connectivity index (χ1) is 12.0. The Morgan fingerprint density at radius 1 is 1.04 bits per heavy atom. The molecule has 0 bridgehead atoms. The van der Waals surface area contributed by atoms with E-state index in [0.29, 0.717) is 32.2 Å². The number of benzene rings is 1. The number of sulfonamides is 1. The van der Waals surface area contributed by atoms with Gasteiger partial charge in [0, 0.05) is 32.2 Å². The molecule has 3 rings (SSSR count). The van der Waals surface area contributed by atoms with E-state index in [0.717, 1.165) is 10.7 Å². The van der Waals surface area contributed by atoms with Crippen molar-refractivity contribution in [3.05, 3.63) is 35.9 Å². The maximum atomic E-state index is 12.6. The number of hydrogen-bond acceptors (Lipinski definition) is 3. The normalized spacial score (nSPS) is 20.4. The summed E-state index contributed by atoms with van der Waals surface area (Å²) in [6.07, 6.45) is 6.23. The molecule has 1 saturated heterocycles. The lowest BCUT2D eigenvalue weighted by Crippen LogP contribution is -2.54. The first-order valence-electron chi connectivity index (χ1n) is 9.12. The molecule has 0 atom stereocenters. The van der Waals surface area contributed by atoms with E-state index in [2.05, 4.69) is 10.2 Å². The van der Waals surface area contributed by atoms with Gasteiger partial charge < -0.3 is 10.2 Å². The molecular weight excluding hydrogens is 354 g/mol. The van der Waals surface area contributed by atoms with Crippen molar-refractivity contribution >= 4 is 27.4 Å². The first-order valence-corrected chi connectivity index (χ1v) is 11.1. The Balaban J connectivity index is 1.49. The molecule has 0 amide bonds. The van der Waals surface area contributed by atoms with Crippen molar-refractivity contribution in [3.63, 3.8) is 0 Å². The van der Waals surface area contributed by atoms with E-state index in [-0.39, 0.29) is 5.75 Å². The van der Waals surface area contributed by atoms with Crippen LogP contribution in [0.4, 0.5) is 0 Å². The third kappa shape index (κ3) is 5.15. The van der Waals surface area contributed by atoms with E-state index in [1.807, 2.05) is 30.3 Å². The first kappa shape index (κ1) is 18.6. The molecule has 7 heteroatoms. The number of rotatable bonds is 4. The minimum atomic E-state index is -3.27. The van der Waals surface area contributed by atoms with Crippen LogP contribution in [0.15, 0.2) is 30.3 Å². The van der Waals surface area contributed by atoms with Gasteiger partial charge in [-0.05, 0) is 30.6 Å². The monoisotopic (exact) mass is 381 g/mol. The van der Waals surface area contributed by atoms with E-state index < -0.39 is 10.0 Å². The highest BCUT2D eigenvalue weighted by Crippen LogP contribution is 2.18. The molecule has 2 fully saturated rings. The molecule has 1 saturated carbocycles. The number of nitrogens with one attached hydrogen (secondary N) is 1. The van der Waals surface area contributed by atoms with Crippen molar-refractivity contribution in [1.82, 2.24) is 14.5 Å². The molecule has 1 heterocycles. The summed E-state index contributed by atoms with van der Waals surface area (Å²) in [5.41, 5.74) is 0.833. The maximum absolute atomic E-state index is 12.6. The Morgan fingerprint density at radius 3 is 2.32 bits per heavy atom. The zero-order valence-electron chi connectivity index (χ0n) is 14.6. The number of hydrogen-bond donors (Lipinski definition) is 1. The molecular formula is C18H27N3O2S2. The van der Waals surface area contributed by atoms with Crippen LogP contribution >= 0.6 is 12.2 Å². The molecule has 0 spiro atoms. The van der Waals surface area contributed by atoms with Gasteiger partial charge in [0.2, 0.25) is 10.0 Å². The quantitative estimate of drug-likeness (QED) is 0.812. The van der Waals surface area contributed by atoms with Crippen LogP contribution < -0.4 is 5.32 Å². The van der Waals surface area contributed by atoms with Gasteiger partial charge in [-0.3, -0.25) is 0 Å². The predicted molar refractivity (Wildman–Crippen MR) is 105 cm³/mol. The van der Waals surface area contributed by atoms with Crippen molar-refractivity contribution in [1.29, 1.82) is 0 Å². The molecule has 1 aromatic carbocycles. The Kier molecular flexibility index (Phi) is 6.30. The van der Waals surface area contributed by atoms with Crippen LogP contribution in [-0.4, -0.2) is 55.0 Å². The number of nitrogens with zero attached hydrogens (tertiary/aromatic N) is 2. The molecule has 1 aromatic rings. The summed E-state index contributed by atoms with van der Waals surface area (Å²) in [5, 5.41) is 4.26. The van der Waals surface area contributed by atoms with E-state index >= 15 is 0 Å². The highest BCUT2D eigenvalue weighted by atomic mass is 32.2. The van der Waals surface area contributed by atoms with Crippen molar-refractivity contribution in [2.24, 2.45) is 0 Å². The molecule has 138 valence electrons. The molecule has 25 heavy (non-hydrogen) atoms. The van der Waals surface area contributed by atoms with Gasteiger partial charge in [0.1, 0.15) is 0 Å². The van der Waals surface area contributed by atoms with Crippen molar-refractivity contribution in [3.8, 4) is 0 Å². The lowest BCUT2D eigenvalue weighted by atomic mass is 9.96. The predicted octanol–water partition coefficient (Wildman–Crippen LogP) is 2.34. The average molecular weight is 382 g/mol. The van der Waals surface area contributed by atoms with Crippen LogP contribution in [0.5, 0.6) is 0 Å². The third-order valence-corrected chi connectivity index (χ3v) is 7.27. The summed E-state index contributed by atoms with van der Waals surface area (Å²) in [5.74, 6) is 0.0681. The van der Waals surface area contributed by atoms with Crippen molar-refractivity contribution in [2.45, 2.75) is 43.9 Å². The smallest absolute Gasteiger partial charge is 0.218 e. The van der Waals surface area contributed by atoms with Gasteiger partial charge in [0.25, 0.3) is 0 Å². The third-order valence-electron chi connectivity index (χ3n) is 5.04. The van der Waals surface area contributed by atoms with Crippen LogP contribution in [0.1, 0.15) is 37.7 Å². The summed E-state index contributed by atoms with van der Waals surface area (Å²) >= 11 is 5.54. The van der Waals surface area contributed by atoms with Gasteiger partial charge in [-0.15, -0.1) is 0 Å². The van der Waals surface area contributed by atoms with Gasteiger partial charge in [-0.25, -0.2) is 8.42 Å². The second kappa shape index (κ2) is 8.47. The molecule has 0 aromatic heterocycles. The molecule has 5 nitrogen and oxygen atoms in total. The minimum absolute atomic E-state index is 0.0681. The molecule has 1 N–H and O–H groups in total. The second-order valence-electron chi connectivity index (χ2n) is 6.91. The van der Waals surface area contributed by atoms with Crippen LogP contribution in [-0.2, 0) is 15.8 Å². The summed E-state index contributed by atoms with van der Waals surface area (Å²) < 4.78 is 26.8. The lowest BCUT2D eigenvalue weighted by Gasteiger charge is -2.37. The molecule has 1 aliphatic heterocycles. The number of piperazine rings is 1. The minimum Gasteiger partial charge on any atom is -0.360 e. The largest absolute Gasteiger partial charge is 0.360 e. The summed E-state index contributed by atoms with van der Waals surface area (Å²) in [7, 11) is -3.27. The fourth-order valence-electron chi connectivity index (χ4n) is 3.56. The van der Waals surface area contributed by atoms with Gasteiger partial charge in [-0.1, -0.05) is 49.6 Å². The van der Waals surface area contributed by atoms with Gasteiger partial charge in [0.15, 0.2) is 5.11 Å². The molecule has 0 radical (unpaired) electrons. The second-order valence-corrected chi connectivity index (χ2v) is 9.27. The molecule has 2 aliphatic rings. The van der Waals surface area contributed by atoms with Crippen LogP contribution in [0.3, 0.4) is 0 Å². The maximum Gasteiger partial charge on any atom is 0.218 e. The van der Waals surface area contributed by atoms with Crippen LogP contribution in [0.25, 0.3) is 0 Å². The molecule has 0 unspecified atom stereocenters. The number of thiocarbonyl (C=S) groups is 1. The summed E-state index contributed by atoms with van der Waals surface area (Å²) in [6.45, 7) is 2.32. The Labute approximate surface area is 156 Å². The highest BCUT2D eigenvalue weighted by Gasteiger charge is 2.28. The zero-order chi connectivity index (χ0) is 17.7. The van der Waals surface area contributed by atoms with Gasteiger partial charge in [-0.2, -0.15) is 4.31 Å². The Bertz CT molecular complexity index is 665. The van der Waals surface area contributed by atoms with Gasteiger partial charge >= 0.3 is 0 Å². The zero-order valence-corrected chi connectivity index (χ0v) is 16.2. The average Bonchev–Trinajstić information content (AvgIpc) is 2.63. The Morgan fingerprint density at radius 2 is 1.68 bits per heavy atom. The Hall–Kier alpha value is -1.18. The SMILES string of the molecule is O=S(=O)(Cc1ccccc1)N1CCN(C(=S)NC2CCCCC2)CC1. The summed E-state index contributed by atoms with van der Waals surface area (Å²) in [6, 6.07) is 9.85. The van der Waals surface area contributed by atoms with E-state index in [1.165, 1.54) is 32.1 Å². The van der Waals surface area contributed by atoms with Crippen LogP contribution in [0.2, 0.25) is 0 Å². The summed E-state index contributed by atoms with van der Waals surface area (Å²) in [4.78, 5) is 2.11.